The Labute approximate surface area is 147 Å². The highest BCUT2D eigenvalue weighted by Gasteiger charge is 2.34. The van der Waals surface area contributed by atoms with Crippen LogP contribution in [0.1, 0.15) is 16.1 Å². The topological polar surface area (TPSA) is 98.4 Å². The monoisotopic (exact) mass is 369 g/mol. The Balaban J connectivity index is 2.15. The quantitative estimate of drug-likeness (QED) is 0.557. The number of rotatable bonds is 2. The van der Waals surface area contributed by atoms with Crippen LogP contribution in [0, 0.1) is 5.41 Å². The van der Waals surface area contributed by atoms with Crippen molar-refractivity contribution in [3.63, 3.8) is 0 Å². The Bertz CT molecular complexity index is 855. The number of aromatic nitrogens is 1. The molecule has 0 radical (unpaired) electrons. The van der Waals surface area contributed by atoms with Crippen molar-refractivity contribution in [2.75, 3.05) is 38.3 Å². The van der Waals surface area contributed by atoms with Crippen molar-refractivity contribution < 1.29 is 22.7 Å². The molecule has 1 aliphatic heterocycles. The number of nitrogens with one attached hydrogen (secondary N) is 2. The number of aromatic amines is 1. The fraction of sp³-hybridized carbons (Fsp3) is 0.375. The zero-order valence-electron chi connectivity index (χ0n) is 14.0. The first-order chi connectivity index (χ1) is 12.2. The number of H-pyrrole nitrogens is 1. The summed E-state index contributed by atoms with van der Waals surface area (Å²) in [6.45, 7) is 2.02. The Morgan fingerprint density at radius 1 is 1.35 bits per heavy atom. The summed E-state index contributed by atoms with van der Waals surface area (Å²) < 4.78 is 45.5. The van der Waals surface area contributed by atoms with Crippen LogP contribution in [0.5, 0.6) is 0 Å². The summed E-state index contributed by atoms with van der Waals surface area (Å²) in [5.74, 6) is -1.19. The molecular weight excluding hydrogens is 351 g/mol. The molecule has 2 heterocycles. The Kier molecular flexibility index (Phi) is 4.53. The van der Waals surface area contributed by atoms with E-state index in [1.165, 1.54) is 13.1 Å². The number of amides is 1. The van der Waals surface area contributed by atoms with Gasteiger partial charge in [0.15, 0.2) is 5.96 Å². The molecule has 26 heavy (non-hydrogen) atoms. The lowest BCUT2D eigenvalue weighted by atomic mass is 10.1. The van der Waals surface area contributed by atoms with E-state index < -0.39 is 23.6 Å². The maximum atomic E-state index is 13.4. The molecule has 0 aliphatic carbocycles. The number of morpholine rings is 1. The average molecular weight is 369 g/mol. The number of carbonyl (C=O) groups excluding carboxylic acids is 1. The number of anilines is 1. The van der Waals surface area contributed by atoms with Gasteiger partial charge in [0.2, 0.25) is 0 Å². The van der Waals surface area contributed by atoms with Gasteiger partial charge in [0, 0.05) is 25.5 Å². The van der Waals surface area contributed by atoms with E-state index >= 15 is 0 Å². The second-order valence-corrected chi connectivity index (χ2v) is 5.95. The molecule has 0 spiro atoms. The Morgan fingerprint density at radius 2 is 2.00 bits per heavy atom. The second kappa shape index (κ2) is 6.52. The van der Waals surface area contributed by atoms with Crippen LogP contribution in [-0.4, -0.2) is 55.1 Å². The van der Waals surface area contributed by atoms with Gasteiger partial charge in [-0.2, -0.15) is 13.2 Å². The molecule has 1 fully saturated rings. The molecule has 4 N–H and O–H groups in total. The van der Waals surface area contributed by atoms with Gasteiger partial charge < -0.3 is 20.4 Å². The lowest BCUT2D eigenvalue weighted by Gasteiger charge is -2.29. The predicted molar refractivity (Wildman–Crippen MR) is 90.3 cm³/mol. The van der Waals surface area contributed by atoms with Crippen molar-refractivity contribution >= 4 is 28.5 Å². The van der Waals surface area contributed by atoms with Crippen LogP contribution >= 0.6 is 0 Å². The molecule has 1 aliphatic rings. The number of alkyl halides is 3. The van der Waals surface area contributed by atoms with Crippen LogP contribution in [0.15, 0.2) is 18.2 Å². The number of guanidine groups is 1. The van der Waals surface area contributed by atoms with Gasteiger partial charge in [-0.3, -0.25) is 15.1 Å². The molecule has 0 unspecified atom stereocenters. The van der Waals surface area contributed by atoms with Crippen LogP contribution in [-0.2, 0) is 10.9 Å². The van der Waals surface area contributed by atoms with Crippen LogP contribution in [0.25, 0.3) is 10.9 Å². The Hall–Kier alpha value is -2.75. The van der Waals surface area contributed by atoms with Crippen LogP contribution < -0.4 is 10.6 Å². The van der Waals surface area contributed by atoms with Gasteiger partial charge in [0.1, 0.15) is 5.69 Å². The highest BCUT2D eigenvalue weighted by atomic mass is 19.4. The summed E-state index contributed by atoms with van der Waals surface area (Å²) in [6, 6.07) is 3.57. The fourth-order valence-corrected chi connectivity index (χ4v) is 2.92. The van der Waals surface area contributed by atoms with Gasteiger partial charge in [-0.25, -0.2) is 0 Å². The minimum Gasteiger partial charge on any atom is -0.378 e. The minimum atomic E-state index is -4.56. The first-order valence-electron chi connectivity index (χ1n) is 7.88. The van der Waals surface area contributed by atoms with Gasteiger partial charge in [-0.15, -0.1) is 0 Å². The predicted octanol–water partition coefficient (Wildman–Crippen LogP) is 1.99. The average Bonchev–Trinajstić information content (AvgIpc) is 3.04. The smallest absolute Gasteiger partial charge is 0.378 e. The highest BCUT2D eigenvalue weighted by molar-refractivity contribution is 6.07. The van der Waals surface area contributed by atoms with Gasteiger partial charge in [-0.05, 0) is 18.2 Å². The van der Waals surface area contributed by atoms with E-state index in [4.69, 9.17) is 15.9 Å². The molecule has 3 rings (SSSR count). The number of fused-ring (bicyclic) bond motifs is 1. The first-order valence-corrected chi connectivity index (χ1v) is 7.88. The summed E-state index contributed by atoms with van der Waals surface area (Å²) in [5.41, 5.74) is 5.19. The standard InChI is InChI=1S/C16H18F3N5O2/c1-23(15(20)21)14(25)11-8-9-10(16(17,18)19)2-3-12(13(9)22-11)24-4-6-26-7-5-24/h2-3,8,22H,4-7H2,1H3,(H3,20,21). The van der Waals surface area contributed by atoms with Crippen molar-refractivity contribution in [1.82, 2.24) is 9.88 Å². The molecule has 0 atom stereocenters. The van der Waals surface area contributed by atoms with Gasteiger partial charge in [0.05, 0.1) is 30.0 Å². The highest BCUT2D eigenvalue weighted by Crippen LogP contribution is 2.39. The maximum Gasteiger partial charge on any atom is 0.417 e. The third-order valence-electron chi connectivity index (χ3n) is 4.33. The summed E-state index contributed by atoms with van der Waals surface area (Å²) in [7, 11) is 1.28. The number of hydrogen-bond acceptors (Lipinski definition) is 4. The molecule has 0 bridgehead atoms. The number of benzene rings is 1. The number of nitrogens with zero attached hydrogens (tertiary/aromatic N) is 2. The summed E-state index contributed by atoms with van der Waals surface area (Å²) in [6.07, 6.45) is -4.56. The van der Waals surface area contributed by atoms with Crippen LogP contribution in [0.2, 0.25) is 0 Å². The molecule has 1 aromatic carbocycles. The number of carbonyl (C=O) groups is 1. The van der Waals surface area contributed by atoms with Crippen molar-refractivity contribution in [2.45, 2.75) is 6.18 Å². The van der Waals surface area contributed by atoms with E-state index in [1.807, 2.05) is 4.90 Å². The summed E-state index contributed by atoms with van der Waals surface area (Å²) >= 11 is 0. The maximum absolute atomic E-state index is 13.4. The molecule has 7 nitrogen and oxygen atoms in total. The van der Waals surface area contributed by atoms with Gasteiger partial charge >= 0.3 is 6.18 Å². The third-order valence-corrected chi connectivity index (χ3v) is 4.33. The van der Waals surface area contributed by atoms with E-state index in [2.05, 4.69) is 4.98 Å². The summed E-state index contributed by atoms with van der Waals surface area (Å²) in [4.78, 5) is 17.9. The van der Waals surface area contributed by atoms with E-state index in [1.54, 1.807) is 0 Å². The number of halogens is 3. The number of ether oxygens (including phenoxy) is 1. The lowest BCUT2D eigenvalue weighted by molar-refractivity contribution is -0.136. The molecule has 0 saturated carbocycles. The Morgan fingerprint density at radius 3 is 2.58 bits per heavy atom. The number of nitrogens with two attached hydrogens (primary N) is 1. The largest absolute Gasteiger partial charge is 0.417 e. The fourth-order valence-electron chi connectivity index (χ4n) is 2.92. The molecule has 1 saturated heterocycles. The van der Waals surface area contributed by atoms with E-state index in [0.717, 1.165) is 17.0 Å². The third kappa shape index (κ3) is 3.19. The lowest BCUT2D eigenvalue weighted by Crippen LogP contribution is -2.38. The van der Waals surface area contributed by atoms with E-state index in [0.29, 0.717) is 32.0 Å². The van der Waals surface area contributed by atoms with Crippen LogP contribution in [0.3, 0.4) is 0 Å². The minimum absolute atomic E-state index is 0.0658. The molecule has 140 valence electrons. The van der Waals surface area contributed by atoms with Gasteiger partial charge in [-0.1, -0.05) is 0 Å². The van der Waals surface area contributed by atoms with Crippen molar-refractivity contribution in [2.24, 2.45) is 5.73 Å². The SMILES string of the molecule is CN(C(=N)N)C(=O)c1cc2c(C(F)(F)F)ccc(N3CCOCC3)c2[nH]1. The molecule has 1 aromatic heterocycles. The second-order valence-electron chi connectivity index (χ2n) is 5.95. The van der Waals surface area contributed by atoms with E-state index in [-0.39, 0.29) is 16.6 Å². The van der Waals surface area contributed by atoms with Crippen molar-refractivity contribution in [3.8, 4) is 0 Å². The van der Waals surface area contributed by atoms with Crippen molar-refractivity contribution in [1.29, 1.82) is 5.41 Å². The molecule has 1 amide bonds. The molecule has 10 heteroatoms. The summed E-state index contributed by atoms with van der Waals surface area (Å²) in [5, 5.41) is 7.23. The molecule has 2 aromatic rings. The zero-order chi connectivity index (χ0) is 19.1. The van der Waals surface area contributed by atoms with Gasteiger partial charge in [0.25, 0.3) is 5.91 Å². The number of hydrogen-bond donors (Lipinski definition) is 3. The van der Waals surface area contributed by atoms with Crippen molar-refractivity contribution in [3.05, 3.63) is 29.5 Å². The van der Waals surface area contributed by atoms with Crippen LogP contribution in [0.4, 0.5) is 18.9 Å². The molecular formula is C16H18F3N5O2. The normalized spacial score (nSPS) is 15.3. The first kappa shape index (κ1) is 18.1. The zero-order valence-corrected chi connectivity index (χ0v) is 14.0. The van der Waals surface area contributed by atoms with E-state index in [9.17, 15) is 18.0 Å².